The zero-order chi connectivity index (χ0) is 12.3. The highest BCUT2D eigenvalue weighted by Crippen LogP contribution is 2.16. The van der Waals surface area contributed by atoms with E-state index in [2.05, 4.69) is 18.7 Å². The second-order valence-electron chi connectivity index (χ2n) is 5.31. The van der Waals surface area contributed by atoms with E-state index < -0.39 is 0 Å². The lowest BCUT2D eigenvalue weighted by molar-refractivity contribution is -0.140. The molecule has 17 heavy (non-hydrogen) atoms. The monoisotopic (exact) mass is 242 g/mol. The van der Waals surface area contributed by atoms with Crippen LogP contribution in [0.3, 0.4) is 0 Å². The highest BCUT2D eigenvalue weighted by Gasteiger charge is 2.29. The summed E-state index contributed by atoms with van der Waals surface area (Å²) in [5.41, 5.74) is -0.135. The largest absolute Gasteiger partial charge is 0.378 e. The fourth-order valence-corrected chi connectivity index (χ4v) is 2.35. The Kier molecular flexibility index (Phi) is 4.01. The molecule has 0 radical (unpaired) electrons. The number of hydrogen-bond acceptors (Lipinski definition) is 4. The molecule has 0 bridgehead atoms. The summed E-state index contributed by atoms with van der Waals surface area (Å²) in [6, 6.07) is 0. The van der Waals surface area contributed by atoms with Crippen molar-refractivity contribution in [3.8, 4) is 0 Å². The van der Waals surface area contributed by atoms with E-state index in [-0.39, 0.29) is 11.5 Å². The van der Waals surface area contributed by atoms with Crippen molar-refractivity contribution >= 4 is 5.91 Å². The summed E-state index contributed by atoms with van der Waals surface area (Å²) in [5.74, 6) is 0.214. The molecule has 0 aromatic rings. The molecule has 2 aliphatic heterocycles. The van der Waals surface area contributed by atoms with E-state index in [0.29, 0.717) is 26.4 Å². The van der Waals surface area contributed by atoms with Crippen LogP contribution in [0.5, 0.6) is 0 Å². The first-order valence-electron chi connectivity index (χ1n) is 6.29. The van der Waals surface area contributed by atoms with Crippen molar-refractivity contribution in [3.05, 3.63) is 0 Å². The molecule has 0 N–H and O–H groups in total. The van der Waals surface area contributed by atoms with E-state index in [9.17, 15) is 4.79 Å². The van der Waals surface area contributed by atoms with Gasteiger partial charge in [-0.3, -0.25) is 9.69 Å². The summed E-state index contributed by atoms with van der Waals surface area (Å²) in [7, 11) is 0. The number of nitrogens with zero attached hydrogens (tertiary/aromatic N) is 2. The predicted molar refractivity (Wildman–Crippen MR) is 63.9 cm³/mol. The first kappa shape index (κ1) is 12.8. The highest BCUT2D eigenvalue weighted by molar-refractivity contribution is 5.78. The average molecular weight is 242 g/mol. The maximum atomic E-state index is 12.1. The number of hydrogen-bond donors (Lipinski definition) is 0. The molecule has 1 amide bonds. The number of carbonyl (C=O) groups is 1. The van der Waals surface area contributed by atoms with Gasteiger partial charge in [-0.2, -0.15) is 0 Å². The second kappa shape index (κ2) is 5.33. The molecule has 0 aliphatic carbocycles. The van der Waals surface area contributed by atoms with Crippen LogP contribution < -0.4 is 0 Å². The summed E-state index contributed by atoms with van der Waals surface area (Å²) in [4.78, 5) is 16.1. The minimum Gasteiger partial charge on any atom is -0.378 e. The topological polar surface area (TPSA) is 42.0 Å². The van der Waals surface area contributed by atoms with Gasteiger partial charge >= 0.3 is 0 Å². The molecule has 0 unspecified atom stereocenters. The Morgan fingerprint density at radius 3 is 2.53 bits per heavy atom. The van der Waals surface area contributed by atoms with Gasteiger partial charge in [0.2, 0.25) is 5.91 Å². The first-order valence-corrected chi connectivity index (χ1v) is 6.29. The Bertz CT molecular complexity index is 275. The minimum atomic E-state index is -0.135. The standard InChI is InChI=1S/C12H22N2O3/c1-12(2)10-13(3-8-17-12)9-11(15)14-4-6-16-7-5-14/h3-10H2,1-2H3. The fraction of sp³-hybridized carbons (Fsp3) is 0.917. The van der Waals surface area contributed by atoms with Crippen molar-refractivity contribution < 1.29 is 14.3 Å². The van der Waals surface area contributed by atoms with E-state index in [0.717, 1.165) is 26.2 Å². The normalized spacial score (nSPS) is 25.9. The van der Waals surface area contributed by atoms with Crippen LogP contribution in [-0.2, 0) is 14.3 Å². The SMILES string of the molecule is CC1(C)CN(CC(=O)N2CCOCC2)CCO1. The number of carbonyl (C=O) groups excluding carboxylic acids is 1. The van der Waals surface area contributed by atoms with Gasteiger partial charge in [0.05, 0.1) is 32.0 Å². The Balaban J connectivity index is 1.81. The van der Waals surface area contributed by atoms with Gasteiger partial charge in [0.15, 0.2) is 0 Å². The Labute approximate surface area is 103 Å². The predicted octanol–water partition coefficient (Wildman–Crippen LogP) is -0.0440. The minimum absolute atomic E-state index is 0.135. The average Bonchev–Trinajstić information content (AvgIpc) is 2.29. The Hall–Kier alpha value is -0.650. The second-order valence-corrected chi connectivity index (χ2v) is 5.31. The smallest absolute Gasteiger partial charge is 0.236 e. The van der Waals surface area contributed by atoms with Crippen LogP contribution in [0.1, 0.15) is 13.8 Å². The zero-order valence-electron chi connectivity index (χ0n) is 10.8. The van der Waals surface area contributed by atoms with Gasteiger partial charge in [0, 0.05) is 26.2 Å². The van der Waals surface area contributed by atoms with E-state index in [4.69, 9.17) is 9.47 Å². The van der Waals surface area contributed by atoms with Gasteiger partial charge < -0.3 is 14.4 Å². The molecule has 2 saturated heterocycles. The van der Waals surface area contributed by atoms with Crippen molar-refractivity contribution in [1.29, 1.82) is 0 Å². The van der Waals surface area contributed by atoms with Gasteiger partial charge in [-0.25, -0.2) is 0 Å². The molecule has 98 valence electrons. The van der Waals surface area contributed by atoms with Gasteiger partial charge in [-0.15, -0.1) is 0 Å². The molecule has 5 heteroatoms. The molecular formula is C12H22N2O3. The molecule has 0 atom stereocenters. The first-order chi connectivity index (χ1) is 8.07. The molecule has 0 saturated carbocycles. The Morgan fingerprint density at radius 2 is 1.88 bits per heavy atom. The molecule has 2 aliphatic rings. The van der Waals surface area contributed by atoms with Gasteiger partial charge in [0.1, 0.15) is 0 Å². The van der Waals surface area contributed by atoms with Crippen LogP contribution in [-0.4, -0.2) is 73.9 Å². The highest BCUT2D eigenvalue weighted by atomic mass is 16.5. The summed E-state index contributed by atoms with van der Waals surface area (Å²) < 4.78 is 10.9. The van der Waals surface area contributed by atoms with Crippen LogP contribution >= 0.6 is 0 Å². The number of amides is 1. The van der Waals surface area contributed by atoms with Crippen LogP contribution in [0.25, 0.3) is 0 Å². The van der Waals surface area contributed by atoms with E-state index in [1.54, 1.807) is 0 Å². The van der Waals surface area contributed by atoms with Crippen molar-refractivity contribution in [2.75, 3.05) is 52.5 Å². The number of morpholine rings is 2. The van der Waals surface area contributed by atoms with Crippen molar-refractivity contribution in [1.82, 2.24) is 9.80 Å². The summed E-state index contributed by atoms with van der Waals surface area (Å²) in [5, 5.41) is 0. The molecule has 2 rings (SSSR count). The molecule has 0 spiro atoms. The molecule has 0 aromatic heterocycles. The maximum absolute atomic E-state index is 12.1. The Morgan fingerprint density at radius 1 is 1.18 bits per heavy atom. The van der Waals surface area contributed by atoms with E-state index >= 15 is 0 Å². The third kappa shape index (κ3) is 3.66. The zero-order valence-corrected chi connectivity index (χ0v) is 10.8. The van der Waals surface area contributed by atoms with Crippen molar-refractivity contribution in [2.45, 2.75) is 19.4 Å². The lowest BCUT2D eigenvalue weighted by atomic mass is 10.1. The lowest BCUT2D eigenvalue weighted by Gasteiger charge is -2.38. The van der Waals surface area contributed by atoms with Gasteiger partial charge in [0.25, 0.3) is 0 Å². The quantitative estimate of drug-likeness (QED) is 0.681. The van der Waals surface area contributed by atoms with Crippen LogP contribution in [0.2, 0.25) is 0 Å². The molecule has 0 aromatic carbocycles. The van der Waals surface area contributed by atoms with E-state index in [1.165, 1.54) is 0 Å². The molecule has 2 fully saturated rings. The molecule has 2 heterocycles. The van der Waals surface area contributed by atoms with Crippen LogP contribution in [0, 0.1) is 0 Å². The third-order valence-corrected chi connectivity index (χ3v) is 3.23. The maximum Gasteiger partial charge on any atom is 0.236 e. The van der Waals surface area contributed by atoms with E-state index in [1.807, 2.05) is 4.90 Å². The summed E-state index contributed by atoms with van der Waals surface area (Å²) in [6.07, 6.45) is 0. The fourth-order valence-electron chi connectivity index (χ4n) is 2.35. The third-order valence-electron chi connectivity index (χ3n) is 3.23. The molecular weight excluding hydrogens is 220 g/mol. The van der Waals surface area contributed by atoms with Crippen molar-refractivity contribution in [3.63, 3.8) is 0 Å². The van der Waals surface area contributed by atoms with Gasteiger partial charge in [-0.1, -0.05) is 0 Å². The van der Waals surface area contributed by atoms with Gasteiger partial charge in [-0.05, 0) is 13.8 Å². The summed E-state index contributed by atoms with van der Waals surface area (Å²) in [6.45, 7) is 9.81. The van der Waals surface area contributed by atoms with Crippen molar-refractivity contribution in [2.24, 2.45) is 0 Å². The molecule has 5 nitrogen and oxygen atoms in total. The summed E-state index contributed by atoms with van der Waals surface area (Å²) >= 11 is 0. The van der Waals surface area contributed by atoms with Crippen LogP contribution in [0.4, 0.5) is 0 Å². The van der Waals surface area contributed by atoms with Crippen LogP contribution in [0.15, 0.2) is 0 Å². The number of ether oxygens (including phenoxy) is 2. The number of rotatable bonds is 2. The lowest BCUT2D eigenvalue weighted by Crippen LogP contribution is -2.52.